The van der Waals surface area contributed by atoms with Gasteiger partial charge in [-0.25, -0.2) is 22.9 Å². The summed E-state index contributed by atoms with van der Waals surface area (Å²) >= 11 is 1.45. The molecular weight excluding hydrogens is 324 g/mol. The van der Waals surface area contributed by atoms with E-state index in [1.165, 1.54) is 23.5 Å². The number of carboxylic acids is 1. The van der Waals surface area contributed by atoms with Crippen molar-refractivity contribution in [3.05, 3.63) is 45.4 Å². The molecule has 0 saturated heterocycles. The smallest absolute Gasteiger partial charge is 0.336 e. The van der Waals surface area contributed by atoms with Gasteiger partial charge in [0.2, 0.25) is 10.0 Å². The van der Waals surface area contributed by atoms with Gasteiger partial charge in [-0.2, -0.15) is 0 Å². The van der Waals surface area contributed by atoms with Gasteiger partial charge in [0.05, 0.1) is 21.7 Å². The Kier molecular flexibility index (Phi) is 4.94. The van der Waals surface area contributed by atoms with Gasteiger partial charge in [0.1, 0.15) is 0 Å². The summed E-state index contributed by atoms with van der Waals surface area (Å²) in [6.45, 7) is 3.56. The number of hydrogen-bond acceptors (Lipinski definition) is 5. The second kappa shape index (κ2) is 6.55. The van der Waals surface area contributed by atoms with Crippen molar-refractivity contribution in [2.24, 2.45) is 0 Å². The number of nitrogens with one attached hydrogen (secondary N) is 1. The molecule has 118 valence electrons. The quantitative estimate of drug-likeness (QED) is 0.838. The molecule has 0 atom stereocenters. The van der Waals surface area contributed by atoms with E-state index in [0.29, 0.717) is 17.5 Å². The maximum absolute atomic E-state index is 12.3. The molecule has 0 aliphatic rings. The SMILES string of the molecule is Cc1cc(S(=O)(=O)NCCc2cscn2)cc(C(=O)O)c1C. The predicted molar refractivity (Wildman–Crippen MR) is 83.9 cm³/mol. The number of hydrogen-bond donors (Lipinski definition) is 2. The van der Waals surface area contributed by atoms with Crippen LogP contribution in [0.15, 0.2) is 27.9 Å². The lowest BCUT2D eigenvalue weighted by molar-refractivity contribution is 0.0695. The Morgan fingerprint density at radius 1 is 1.36 bits per heavy atom. The normalized spacial score (nSPS) is 11.5. The topological polar surface area (TPSA) is 96.4 Å². The molecule has 0 spiro atoms. The minimum atomic E-state index is -3.75. The Balaban J connectivity index is 2.20. The number of benzene rings is 1. The van der Waals surface area contributed by atoms with Crippen LogP contribution in [0.5, 0.6) is 0 Å². The Hall–Kier alpha value is -1.77. The van der Waals surface area contributed by atoms with Crippen molar-refractivity contribution >= 4 is 27.3 Å². The van der Waals surface area contributed by atoms with E-state index in [2.05, 4.69) is 9.71 Å². The second-order valence-electron chi connectivity index (χ2n) is 4.85. The van der Waals surface area contributed by atoms with Crippen molar-refractivity contribution in [3.63, 3.8) is 0 Å². The molecule has 8 heteroatoms. The van der Waals surface area contributed by atoms with E-state index in [0.717, 1.165) is 5.69 Å². The number of rotatable bonds is 6. The molecule has 1 heterocycles. The zero-order valence-corrected chi connectivity index (χ0v) is 13.8. The Morgan fingerprint density at radius 3 is 2.68 bits per heavy atom. The molecule has 0 unspecified atom stereocenters. The lowest BCUT2D eigenvalue weighted by Gasteiger charge is -2.11. The zero-order chi connectivity index (χ0) is 16.3. The average Bonchev–Trinajstić information content (AvgIpc) is 2.94. The first-order valence-electron chi connectivity index (χ1n) is 6.52. The van der Waals surface area contributed by atoms with Gasteiger partial charge in [-0.3, -0.25) is 0 Å². The summed E-state index contributed by atoms with van der Waals surface area (Å²) in [7, 11) is -3.75. The molecule has 0 bridgehead atoms. The Bertz CT molecular complexity index is 783. The Labute approximate surface area is 132 Å². The fourth-order valence-corrected chi connectivity index (χ4v) is 3.70. The number of carbonyl (C=O) groups is 1. The van der Waals surface area contributed by atoms with Gasteiger partial charge < -0.3 is 5.11 Å². The molecule has 0 aliphatic carbocycles. The number of thiazole rings is 1. The third kappa shape index (κ3) is 3.70. The molecular formula is C14H16N2O4S2. The number of aryl methyl sites for hydroxylation is 1. The van der Waals surface area contributed by atoms with Crippen LogP contribution in [-0.2, 0) is 16.4 Å². The van der Waals surface area contributed by atoms with Crippen LogP contribution in [0.1, 0.15) is 27.2 Å². The minimum absolute atomic E-state index is 0.000115. The fraction of sp³-hybridized carbons (Fsp3) is 0.286. The van der Waals surface area contributed by atoms with E-state index >= 15 is 0 Å². The van der Waals surface area contributed by atoms with Crippen LogP contribution in [0.25, 0.3) is 0 Å². The molecule has 2 aromatic rings. The van der Waals surface area contributed by atoms with Crippen LogP contribution in [0.2, 0.25) is 0 Å². The summed E-state index contributed by atoms with van der Waals surface area (Å²) in [6.07, 6.45) is 0.485. The van der Waals surface area contributed by atoms with Crippen molar-refractivity contribution in [3.8, 4) is 0 Å². The van der Waals surface area contributed by atoms with Crippen molar-refractivity contribution in [2.45, 2.75) is 25.2 Å². The van der Waals surface area contributed by atoms with E-state index < -0.39 is 16.0 Å². The number of sulfonamides is 1. The lowest BCUT2D eigenvalue weighted by atomic mass is 10.0. The summed E-state index contributed by atoms with van der Waals surface area (Å²) in [6, 6.07) is 2.67. The van der Waals surface area contributed by atoms with E-state index in [4.69, 9.17) is 5.11 Å². The van der Waals surface area contributed by atoms with Crippen LogP contribution in [0, 0.1) is 13.8 Å². The molecule has 22 heavy (non-hydrogen) atoms. The summed E-state index contributed by atoms with van der Waals surface area (Å²) in [5.41, 5.74) is 3.69. The number of carboxylic acid groups (broad SMARTS) is 1. The summed E-state index contributed by atoms with van der Waals surface area (Å²) in [5, 5.41) is 11.0. The minimum Gasteiger partial charge on any atom is -0.478 e. The maximum atomic E-state index is 12.3. The highest BCUT2D eigenvalue weighted by Crippen LogP contribution is 2.20. The monoisotopic (exact) mass is 340 g/mol. The van der Waals surface area contributed by atoms with E-state index in [1.54, 1.807) is 19.4 Å². The molecule has 6 nitrogen and oxygen atoms in total. The van der Waals surface area contributed by atoms with Crippen LogP contribution in [-0.4, -0.2) is 31.0 Å². The third-order valence-corrected chi connectivity index (χ3v) is 5.41. The van der Waals surface area contributed by atoms with Gasteiger partial charge in [0.25, 0.3) is 0 Å². The summed E-state index contributed by atoms with van der Waals surface area (Å²) in [4.78, 5) is 15.2. The molecule has 0 aliphatic heterocycles. The molecule has 2 rings (SSSR count). The zero-order valence-electron chi connectivity index (χ0n) is 12.2. The molecule has 0 fully saturated rings. The molecule has 1 aromatic heterocycles. The highest BCUT2D eigenvalue weighted by Gasteiger charge is 2.19. The summed E-state index contributed by atoms with van der Waals surface area (Å²) in [5.74, 6) is -1.14. The van der Waals surface area contributed by atoms with Crippen molar-refractivity contribution in [1.82, 2.24) is 9.71 Å². The molecule has 0 amide bonds. The van der Waals surface area contributed by atoms with E-state index in [9.17, 15) is 13.2 Å². The van der Waals surface area contributed by atoms with Crippen molar-refractivity contribution < 1.29 is 18.3 Å². The maximum Gasteiger partial charge on any atom is 0.336 e. The highest BCUT2D eigenvalue weighted by molar-refractivity contribution is 7.89. The standard InChI is InChI=1S/C14H16N2O4S2/c1-9-5-12(6-13(10(9)2)14(17)18)22(19,20)16-4-3-11-7-21-8-15-11/h5-8,16H,3-4H2,1-2H3,(H,17,18). The number of aromatic nitrogens is 1. The fourth-order valence-electron chi connectivity index (χ4n) is 1.96. The highest BCUT2D eigenvalue weighted by atomic mass is 32.2. The van der Waals surface area contributed by atoms with Crippen LogP contribution < -0.4 is 4.72 Å². The van der Waals surface area contributed by atoms with Gasteiger partial charge in [-0.1, -0.05) is 0 Å². The first-order chi connectivity index (χ1) is 10.3. The molecule has 2 N–H and O–H groups in total. The third-order valence-electron chi connectivity index (χ3n) is 3.34. The summed E-state index contributed by atoms with van der Waals surface area (Å²) < 4.78 is 27.0. The predicted octanol–water partition coefficient (Wildman–Crippen LogP) is 1.98. The Morgan fingerprint density at radius 2 is 2.09 bits per heavy atom. The van der Waals surface area contributed by atoms with Gasteiger partial charge in [-0.05, 0) is 37.1 Å². The van der Waals surface area contributed by atoms with E-state index in [-0.39, 0.29) is 17.0 Å². The molecule has 1 aromatic carbocycles. The van der Waals surface area contributed by atoms with Crippen LogP contribution >= 0.6 is 11.3 Å². The molecule has 0 radical (unpaired) electrons. The van der Waals surface area contributed by atoms with Crippen molar-refractivity contribution in [2.75, 3.05) is 6.54 Å². The van der Waals surface area contributed by atoms with Crippen molar-refractivity contribution in [1.29, 1.82) is 0 Å². The number of aromatic carboxylic acids is 1. The lowest BCUT2D eigenvalue weighted by Crippen LogP contribution is -2.26. The van der Waals surface area contributed by atoms with Crippen LogP contribution in [0.4, 0.5) is 0 Å². The van der Waals surface area contributed by atoms with Gasteiger partial charge in [0, 0.05) is 18.3 Å². The first kappa shape index (κ1) is 16.6. The van der Waals surface area contributed by atoms with Gasteiger partial charge >= 0.3 is 5.97 Å². The van der Waals surface area contributed by atoms with E-state index in [1.807, 2.05) is 5.38 Å². The molecule has 0 saturated carbocycles. The van der Waals surface area contributed by atoms with Gasteiger partial charge in [-0.15, -0.1) is 11.3 Å². The first-order valence-corrected chi connectivity index (χ1v) is 8.95. The van der Waals surface area contributed by atoms with Crippen LogP contribution in [0.3, 0.4) is 0 Å². The largest absolute Gasteiger partial charge is 0.478 e. The number of nitrogens with zero attached hydrogens (tertiary/aromatic N) is 1. The second-order valence-corrected chi connectivity index (χ2v) is 7.33. The average molecular weight is 340 g/mol. The van der Waals surface area contributed by atoms with Gasteiger partial charge in [0.15, 0.2) is 0 Å².